The van der Waals surface area contributed by atoms with Gasteiger partial charge in [-0.3, -0.25) is 4.79 Å². The summed E-state index contributed by atoms with van der Waals surface area (Å²) in [7, 11) is 0. The highest BCUT2D eigenvalue weighted by Gasteiger charge is 2.12. The van der Waals surface area contributed by atoms with E-state index in [1.807, 2.05) is 42.5 Å². The molecule has 0 N–H and O–H groups in total. The molecule has 0 fully saturated rings. The van der Waals surface area contributed by atoms with Gasteiger partial charge in [0.15, 0.2) is 5.65 Å². The zero-order valence-electron chi connectivity index (χ0n) is 12.6. The van der Waals surface area contributed by atoms with Crippen LogP contribution in [-0.2, 0) is 11.6 Å². The molecule has 24 heavy (non-hydrogen) atoms. The highest BCUT2D eigenvalue weighted by molar-refractivity contribution is 7.97. The van der Waals surface area contributed by atoms with Crippen molar-refractivity contribution in [2.24, 2.45) is 0 Å². The van der Waals surface area contributed by atoms with E-state index in [4.69, 9.17) is 4.42 Å². The summed E-state index contributed by atoms with van der Waals surface area (Å²) >= 11 is 1.53. The molecule has 0 bridgehead atoms. The molecular weight excluding hydrogens is 326 g/mol. The van der Waals surface area contributed by atoms with E-state index in [-0.39, 0.29) is 5.56 Å². The summed E-state index contributed by atoms with van der Waals surface area (Å²) in [6.45, 7) is 0. The molecule has 0 saturated carbocycles. The van der Waals surface area contributed by atoms with Crippen LogP contribution in [0.3, 0.4) is 0 Å². The second-order valence-corrected chi connectivity index (χ2v) is 6.04. The molecular formula is C16H13N5O2S. The first kappa shape index (κ1) is 14.7. The van der Waals surface area contributed by atoms with Crippen molar-refractivity contribution in [2.75, 3.05) is 0 Å². The van der Waals surface area contributed by atoms with Crippen LogP contribution < -0.4 is 5.56 Å². The van der Waals surface area contributed by atoms with E-state index in [9.17, 15) is 4.79 Å². The molecule has 1 aromatic carbocycles. The molecule has 3 aromatic heterocycles. The number of thioether (sulfide) groups is 1. The summed E-state index contributed by atoms with van der Waals surface area (Å²) < 4.78 is 8.22. The Hall–Kier alpha value is -2.87. The Bertz CT molecular complexity index is 1010. The number of aromatic nitrogens is 5. The third kappa shape index (κ3) is 2.71. The van der Waals surface area contributed by atoms with Gasteiger partial charge in [-0.05, 0) is 24.3 Å². The number of para-hydroxylation sites is 1. The first-order chi connectivity index (χ1) is 11.8. The van der Waals surface area contributed by atoms with Gasteiger partial charge < -0.3 is 4.42 Å². The van der Waals surface area contributed by atoms with E-state index in [2.05, 4.69) is 15.4 Å². The number of rotatable bonds is 5. The molecule has 3 heterocycles. The summed E-state index contributed by atoms with van der Waals surface area (Å²) in [4.78, 5) is 12.5. The summed E-state index contributed by atoms with van der Waals surface area (Å²) in [5.41, 5.74) is 1.10. The smallest absolute Gasteiger partial charge is 0.281 e. The molecule has 7 nitrogen and oxygen atoms in total. The van der Waals surface area contributed by atoms with Crippen molar-refractivity contribution in [1.29, 1.82) is 0 Å². The van der Waals surface area contributed by atoms with Crippen LogP contribution in [0, 0.1) is 0 Å². The molecule has 0 spiro atoms. The topological polar surface area (TPSA) is 78.7 Å². The molecule has 0 aliphatic heterocycles. The molecule has 0 aliphatic rings. The van der Waals surface area contributed by atoms with E-state index < -0.39 is 0 Å². The maximum atomic E-state index is 12.5. The predicted octanol–water partition coefficient (Wildman–Crippen LogP) is 2.46. The summed E-state index contributed by atoms with van der Waals surface area (Å²) in [5, 5.41) is 12.9. The van der Waals surface area contributed by atoms with Crippen LogP contribution in [0.1, 0.15) is 5.76 Å². The Morgan fingerprint density at radius 1 is 1.12 bits per heavy atom. The van der Waals surface area contributed by atoms with Crippen molar-refractivity contribution < 1.29 is 4.42 Å². The van der Waals surface area contributed by atoms with Crippen LogP contribution in [0.15, 0.2) is 64.1 Å². The molecule has 0 radical (unpaired) electrons. The average molecular weight is 339 g/mol. The zero-order chi connectivity index (χ0) is 16.4. The molecule has 120 valence electrons. The third-order valence-corrected chi connectivity index (χ3v) is 4.41. The summed E-state index contributed by atoms with van der Waals surface area (Å²) in [6.07, 6.45) is 3.17. The van der Waals surface area contributed by atoms with Gasteiger partial charge in [-0.1, -0.05) is 23.4 Å². The molecule has 0 saturated heterocycles. The van der Waals surface area contributed by atoms with Crippen molar-refractivity contribution >= 4 is 22.8 Å². The van der Waals surface area contributed by atoms with Gasteiger partial charge in [0, 0.05) is 0 Å². The minimum Gasteiger partial charge on any atom is -0.468 e. The highest BCUT2D eigenvalue weighted by Crippen LogP contribution is 2.15. The number of furan rings is 1. The van der Waals surface area contributed by atoms with Crippen molar-refractivity contribution in [2.45, 2.75) is 11.6 Å². The molecule has 8 heteroatoms. The standard InChI is InChI=1S/C16H13N5O2S/c22-16-14-9-17-21(12-5-2-1-3-6-12)15(14)18-19-20(16)11-24-10-13-7-4-8-23-13/h1-9H,10-11H2. The summed E-state index contributed by atoms with van der Waals surface area (Å²) in [6, 6.07) is 13.3. The fourth-order valence-corrected chi connectivity index (χ4v) is 3.13. The second-order valence-electron chi connectivity index (χ2n) is 5.08. The number of hydrogen-bond donors (Lipinski definition) is 0. The Balaban J connectivity index is 1.61. The Morgan fingerprint density at radius 3 is 2.79 bits per heavy atom. The molecule has 0 unspecified atom stereocenters. The molecule has 0 amide bonds. The normalized spacial score (nSPS) is 11.2. The van der Waals surface area contributed by atoms with E-state index in [1.54, 1.807) is 10.9 Å². The van der Waals surface area contributed by atoms with Gasteiger partial charge in [0.05, 0.1) is 29.8 Å². The maximum absolute atomic E-state index is 12.5. The van der Waals surface area contributed by atoms with Crippen LogP contribution in [0.5, 0.6) is 0 Å². The van der Waals surface area contributed by atoms with Crippen molar-refractivity contribution in [3.8, 4) is 5.69 Å². The van der Waals surface area contributed by atoms with Gasteiger partial charge in [0.1, 0.15) is 11.1 Å². The lowest BCUT2D eigenvalue weighted by molar-refractivity contribution is 0.529. The lowest BCUT2D eigenvalue weighted by Crippen LogP contribution is -2.23. The van der Waals surface area contributed by atoms with Crippen LogP contribution in [0.2, 0.25) is 0 Å². The van der Waals surface area contributed by atoms with Crippen LogP contribution >= 0.6 is 11.8 Å². The first-order valence-corrected chi connectivity index (χ1v) is 8.45. The largest absolute Gasteiger partial charge is 0.468 e. The van der Waals surface area contributed by atoms with Crippen molar-refractivity contribution in [1.82, 2.24) is 24.8 Å². The number of benzene rings is 1. The number of hydrogen-bond acceptors (Lipinski definition) is 6. The Morgan fingerprint density at radius 2 is 2.00 bits per heavy atom. The minimum atomic E-state index is -0.200. The fraction of sp³-hybridized carbons (Fsp3) is 0.125. The summed E-state index contributed by atoms with van der Waals surface area (Å²) in [5.74, 6) is 1.93. The zero-order valence-corrected chi connectivity index (χ0v) is 13.4. The maximum Gasteiger partial charge on any atom is 0.281 e. The molecule has 4 rings (SSSR count). The molecule has 0 atom stereocenters. The van der Waals surface area contributed by atoms with Gasteiger partial charge in [0.2, 0.25) is 0 Å². The van der Waals surface area contributed by atoms with Crippen LogP contribution in [0.4, 0.5) is 0 Å². The SMILES string of the molecule is O=c1c2cnn(-c3ccccc3)c2nnn1CSCc1ccco1. The van der Waals surface area contributed by atoms with Gasteiger partial charge in [-0.25, -0.2) is 9.36 Å². The third-order valence-electron chi connectivity index (χ3n) is 3.49. The van der Waals surface area contributed by atoms with E-state index >= 15 is 0 Å². The highest BCUT2D eigenvalue weighted by atomic mass is 32.2. The average Bonchev–Trinajstić information content (AvgIpc) is 3.27. The fourth-order valence-electron chi connectivity index (χ4n) is 2.34. The Labute approximate surface area is 140 Å². The van der Waals surface area contributed by atoms with E-state index in [0.29, 0.717) is 22.7 Å². The van der Waals surface area contributed by atoms with E-state index in [1.165, 1.54) is 22.6 Å². The lowest BCUT2D eigenvalue weighted by atomic mass is 10.3. The number of fused-ring (bicyclic) bond motifs is 1. The molecule has 4 aromatic rings. The lowest BCUT2D eigenvalue weighted by Gasteiger charge is -2.04. The Kier molecular flexibility index (Phi) is 3.87. The second kappa shape index (κ2) is 6.32. The van der Waals surface area contributed by atoms with Crippen LogP contribution in [0.25, 0.3) is 16.7 Å². The van der Waals surface area contributed by atoms with E-state index in [0.717, 1.165) is 11.4 Å². The van der Waals surface area contributed by atoms with Crippen LogP contribution in [-0.4, -0.2) is 24.8 Å². The van der Waals surface area contributed by atoms with Gasteiger partial charge in [-0.15, -0.1) is 16.9 Å². The van der Waals surface area contributed by atoms with Crippen molar-refractivity contribution in [3.05, 3.63) is 71.0 Å². The number of nitrogens with zero attached hydrogens (tertiary/aromatic N) is 5. The van der Waals surface area contributed by atoms with Gasteiger partial charge in [0.25, 0.3) is 5.56 Å². The predicted molar refractivity (Wildman–Crippen MR) is 90.9 cm³/mol. The molecule has 0 aliphatic carbocycles. The first-order valence-electron chi connectivity index (χ1n) is 7.30. The van der Waals surface area contributed by atoms with Gasteiger partial charge in [-0.2, -0.15) is 5.10 Å². The van der Waals surface area contributed by atoms with Gasteiger partial charge >= 0.3 is 0 Å². The monoisotopic (exact) mass is 339 g/mol. The van der Waals surface area contributed by atoms with Crippen molar-refractivity contribution in [3.63, 3.8) is 0 Å². The quantitative estimate of drug-likeness (QED) is 0.556. The minimum absolute atomic E-state index is 0.200.